The van der Waals surface area contributed by atoms with Crippen LogP contribution in [-0.4, -0.2) is 26.1 Å². The molecule has 3 rings (SSSR count). The van der Waals surface area contributed by atoms with Gasteiger partial charge in [-0.25, -0.2) is 9.48 Å². The predicted octanol–water partition coefficient (Wildman–Crippen LogP) is 4.08. The van der Waals surface area contributed by atoms with E-state index in [4.69, 9.17) is 39.9 Å². The average molecular weight is 343 g/mol. The van der Waals surface area contributed by atoms with Crippen molar-refractivity contribution in [3.8, 4) is 5.69 Å². The van der Waals surface area contributed by atoms with Gasteiger partial charge in [0.05, 0.1) is 31.8 Å². The minimum atomic E-state index is -1.08. The molecule has 0 fully saturated rings. The van der Waals surface area contributed by atoms with Gasteiger partial charge in [-0.05, 0) is 24.3 Å². The first-order valence-electron chi connectivity index (χ1n) is 5.71. The van der Waals surface area contributed by atoms with Gasteiger partial charge >= 0.3 is 5.97 Å². The molecule has 106 valence electrons. The van der Waals surface area contributed by atoms with Crippen LogP contribution in [0.2, 0.25) is 15.1 Å². The van der Waals surface area contributed by atoms with Crippen molar-refractivity contribution in [3.05, 3.63) is 51.0 Å². The van der Waals surface area contributed by atoms with Crippen molar-refractivity contribution in [2.24, 2.45) is 0 Å². The lowest BCUT2D eigenvalue weighted by Crippen LogP contribution is -1.99. The molecule has 0 radical (unpaired) electrons. The summed E-state index contributed by atoms with van der Waals surface area (Å²) in [6, 6.07) is 7.81. The van der Waals surface area contributed by atoms with Crippen LogP contribution in [0.1, 0.15) is 10.4 Å². The number of halogens is 3. The lowest BCUT2D eigenvalue weighted by atomic mass is 10.2. The Kier molecular flexibility index (Phi) is 3.49. The molecule has 0 bridgehead atoms. The highest BCUT2D eigenvalue weighted by Gasteiger charge is 2.16. The van der Waals surface area contributed by atoms with Crippen molar-refractivity contribution in [2.75, 3.05) is 0 Å². The Bertz CT molecular complexity index is 876. The quantitative estimate of drug-likeness (QED) is 0.713. The summed E-state index contributed by atoms with van der Waals surface area (Å²) in [7, 11) is 0. The van der Waals surface area contributed by atoms with Gasteiger partial charge in [0.15, 0.2) is 0 Å². The number of hydrogen-bond donors (Lipinski definition) is 1. The third-order valence-corrected chi connectivity index (χ3v) is 3.95. The maximum absolute atomic E-state index is 11.2. The molecule has 0 amide bonds. The summed E-state index contributed by atoms with van der Waals surface area (Å²) in [5.74, 6) is -1.08. The van der Waals surface area contributed by atoms with E-state index >= 15 is 0 Å². The monoisotopic (exact) mass is 341 g/mol. The lowest BCUT2D eigenvalue weighted by molar-refractivity contribution is 0.0699. The zero-order valence-corrected chi connectivity index (χ0v) is 12.5. The van der Waals surface area contributed by atoms with Crippen molar-refractivity contribution in [2.45, 2.75) is 0 Å². The maximum atomic E-state index is 11.2. The van der Waals surface area contributed by atoms with Crippen LogP contribution in [-0.2, 0) is 0 Å². The van der Waals surface area contributed by atoms with Crippen molar-refractivity contribution in [3.63, 3.8) is 0 Å². The number of hydrogen-bond acceptors (Lipinski definition) is 3. The van der Waals surface area contributed by atoms with Crippen molar-refractivity contribution in [1.29, 1.82) is 0 Å². The van der Waals surface area contributed by atoms with E-state index < -0.39 is 5.97 Å². The molecular formula is C13H6Cl3N3O2. The second-order valence-corrected chi connectivity index (χ2v) is 5.42. The summed E-state index contributed by atoms with van der Waals surface area (Å²) in [4.78, 5) is 11.2. The molecule has 0 spiro atoms. The second-order valence-electron chi connectivity index (χ2n) is 4.20. The molecule has 0 unspecified atom stereocenters. The van der Waals surface area contributed by atoms with Gasteiger partial charge < -0.3 is 5.11 Å². The Balaban J connectivity index is 2.30. The molecule has 0 saturated heterocycles. The molecule has 0 aliphatic rings. The van der Waals surface area contributed by atoms with Crippen LogP contribution in [0.25, 0.3) is 16.7 Å². The maximum Gasteiger partial charge on any atom is 0.338 e. The standard InChI is InChI=1S/C13H6Cl3N3O2/c14-7-4-9(16)11(5-8(7)15)19-10-3-1-2-6(13(20)21)12(10)17-18-19/h1-5H,(H,20,21). The third-order valence-electron chi connectivity index (χ3n) is 2.93. The van der Waals surface area contributed by atoms with E-state index in [9.17, 15) is 4.79 Å². The van der Waals surface area contributed by atoms with E-state index in [0.29, 0.717) is 26.3 Å². The van der Waals surface area contributed by atoms with Crippen LogP contribution in [0.4, 0.5) is 0 Å². The first kappa shape index (κ1) is 14.1. The summed E-state index contributed by atoms with van der Waals surface area (Å²) in [5.41, 5.74) is 1.31. The summed E-state index contributed by atoms with van der Waals surface area (Å²) in [6.07, 6.45) is 0. The fourth-order valence-corrected chi connectivity index (χ4v) is 2.59. The number of rotatable bonds is 2. The molecule has 21 heavy (non-hydrogen) atoms. The largest absolute Gasteiger partial charge is 0.478 e. The molecule has 2 aromatic carbocycles. The molecule has 1 aromatic heterocycles. The zero-order chi connectivity index (χ0) is 15.1. The number of carbonyl (C=O) groups is 1. The molecule has 0 aliphatic heterocycles. The molecule has 3 aromatic rings. The number of carboxylic acid groups (broad SMARTS) is 1. The van der Waals surface area contributed by atoms with E-state index in [1.165, 1.54) is 16.8 Å². The number of aromatic nitrogens is 3. The third kappa shape index (κ3) is 2.33. The number of fused-ring (bicyclic) bond motifs is 1. The first-order chi connectivity index (χ1) is 9.99. The van der Waals surface area contributed by atoms with E-state index in [-0.39, 0.29) is 11.1 Å². The molecule has 0 saturated carbocycles. The van der Waals surface area contributed by atoms with E-state index in [1.54, 1.807) is 18.2 Å². The fraction of sp³-hybridized carbons (Fsp3) is 0. The van der Waals surface area contributed by atoms with Gasteiger partial charge in [-0.1, -0.05) is 46.1 Å². The van der Waals surface area contributed by atoms with Gasteiger partial charge in [-0.2, -0.15) is 0 Å². The van der Waals surface area contributed by atoms with Crippen LogP contribution in [0, 0.1) is 0 Å². The zero-order valence-electron chi connectivity index (χ0n) is 10.2. The smallest absolute Gasteiger partial charge is 0.338 e. The van der Waals surface area contributed by atoms with Gasteiger partial charge in [0, 0.05) is 0 Å². The van der Waals surface area contributed by atoms with Crippen LogP contribution >= 0.6 is 34.8 Å². The van der Waals surface area contributed by atoms with E-state index in [0.717, 1.165) is 0 Å². The van der Waals surface area contributed by atoms with E-state index in [2.05, 4.69) is 10.3 Å². The molecule has 8 heteroatoms. The van der Waals surface area contributed by atoms with Crippen LogP contribution in [0.15, 0.2) is 30.3 Å². The Morgan fingerprint density at radius 1 is 1.10 bits per heavy atom. The topological polar surface area (TPSA) is 68.0 Å². The summed E-state index contributed by atoms with van der Waals surface area (Å²) in [5, 5.41) is 18.0. The summed E-state index contributed by atoms with van der Waals surface area (Å²) < 4.78 is 1.42. The van der Waals surface area contributed by atoms with Gasteiger partial charge in [-0.3, -0.25) is 0 Å². The second kappa shape index (κ2) is 5.18. The van der Waals surface area contributed by atoms with Gasteiger partial charge in [0.25, 0.3) is 0 Å². The average Bonchev–Trinajstić information content (AvgIpc) is 2.86. The minimum Gasteiger partial charge on any atom is -0.478 e. The SMILES string of the molecule is O=C(O)c1cccc2c1nnn2-c1cc(Cl)c(Cl)cc1Cl. The Hall–Kier alpha value is -1.82. The molecule has 1 N–H and O–H groups in total. The number of nitrogens with zero attached hydrogens (tertiary/aromatic N) is 3. The highest BCUT2D eigenvalue weighted by Crippen LogP contribution is 2.32. The first-order valence-corrected chi connectivity index (χ1v) is 6.85. The number of aromatic carboxylic acids is 1. The number of carboxylic acids is 1. The van der Waals surface area contributed by atoms with Crippen LogP contribution in [0.5, 0.6) is 0 Å². The van der Waals surface area contributed by atoms with Crippen molar-refractivity contribution < 1.29 is 9.90 Å². The van der Waals surface area contributed by atoms with Crippen molar-refractivity contribution in [1.82, 2.24) is 15.0 Å². The van der Waals surface area contributed by atoms with Gasteiger partial charge in [0.1, 0.15) is 5.52 Å². The minimum absolute atomic E-state index is 0.0648. The Morgan fingerprint density at radius 3 is 2.52 bits per heavy atom. The normalized spacial score (nSPS) is 11.0. The summed E-state index contributed by atoms with van der Waals surface area (Å²) >= 11 is 18.0. The molecule has 0 aliphatic carbocycles. The molecular weight excluding hydrogens is 337 g/mol. The fourth-order valence-electron chi connectivity index (χ4n) is 1.97. The van der Waals surface area contributed by atoms with Crippen LogP contribution < -0.4 is 0 Å². The molecule has 0 atom stereocenters. The van der Waals surface area contributed by atoms with Gasteiger partial charge in [0.2, 0.25) is 0 Å². The van der Waals surface area contributed by atoms with E-state index in [1.807, 2.05) is 0 Å². The van der Waals surface area contributed by atoms with Gasteiger partial charge in [-0.15, -0.1) is 5.10 Å². The summed E-state index contributed by atoms with van der Waals surface area (Å²) in [6.45, 7) is 0. The molecule has 1 heterocycles. The van der Waals surface area contributed by atoms with Crippen molar-refractivity contribution >= 4 is 51.8 Å². The Morgan fingerprint density at radius 2 is 1.81 bits per heavy atom. The Labute approximate surface area is 133 Å². The lowest BCUT2D eigenvalue weighted by Gasteiger charge is -2.07. The predicted molar refractivity (Wildman–Crippen MR) is 80.9 cm³/mol. The highest BCUT2D eigenvalue weighted by molar-refractivity contribution is 6.43. The molecule has 5 nitrogen and oxygen atoms in total. The highest BCUT2D eigenvalue weighted by atomic mass is 35.5. The number of benzene rings is 2. The van der Waals surface area contributed by atoms with Crippen LogP contribution in [0.3, 0.4) is 0 Å².